The Bertz CT molecular complexity index is 507. The molecule has 5 heteroatoms. The number of morpholine rings is 1. The maximum Gasteiger partial charge on any atom is 0.132 e. The minimum absolute atomic E-state index is 0.286. The summed E-state index contributed by atoms with van der Waals surface area (Å²) in [6.45, 7) is 4.05. The Morgan fingerprint density at radius 3 is 3.19 bits per heavy atom. The normalized spacial score (nSPS) is 29.0. The Kier molecular flexibility index (Phi) is 3.78. The second kappa shape index (κ2) is 5.89. The van der Waals surface area contributed by atoms with Gasteiger partial charge in [-0.3, -0.25) is 4.90 Å². The molecule has 1 N–H and O–H groups in total. The number of aromatic nitrogens is 2. The molecule has 3 aliphatic rings. The highest BCUT2D eigenvalue weighted by Crippen LogP contribution is 2.25. The van der Waals surface area contributed by atoms with Gasteiger partial charge >= 0.3 is 0 Å². The zero-order valence-electron chi connectivity index (χ0n) is 12.6. The van der Waals surface area contributed by atoms with Crippen LogP contribution in [0.3, 0.4) is 0 Å². The molecule has 2 unspecified atom stereocenters. The van der Waals surface area contributed by atoms with Crippen LogP contribution in [0.15, 0.2) is 6.33 Å². The fraction of sp³-hybridized carbons (Fsp3) is 0.750. The van der Waals surface area contributed by atoms with Gasteiger partial charge in [-0.25, -0.2) is 9.97 Å². The molecule has 1 aromatic rings. The van der Waals surface area contributed by atoms with E-state index in [9.17, 15) is 0 Å². The Morgan fingerprint density at radius 1 is 1.24 bits per heavy atom. The average molecular weight is 288 g/mol. The fourth-order valence-corrected chi connectivity index (χ4v) is 3.89. The third-order valence-electron chi connectivity index (χ3n) is 5.08. The van der Waals surface area contributed by atoms with E-state index in [4.69, 9.17) is 4.74 Å². The fourth-order valence-electron chi connectivity index (χ4n) is 3.89. The van der Waals surface area contributed by atoms with Gasteiger partial charge in [-0.1, -0.05) is 0 Å². The van der Waals surface area contributed by atoms with Crippen LogP contribution in [0, 0.1) is 0 Å². The lowest BCUT2D eigenvalue weighted by Crippen LogP contribution is -2.48. The van der Waals surface area contributed by atoms with Crippen molar-refractivity contribution in [2.45, 2.75) is 50.7 Å². The number of ether oxygens (including phenoxy) is 1. The van der Waals surface area contributed by atoms with Gasteiger partial charge in [0.05, 0.1) is 12.7 Å². The van der Waals surface area contributed by atoms with Crippen molar-refractivity contribution in [2.75, 3.05) is 31.6 Å². The highest BCUT2D eigenvalue weighted by Gasteiger charge is 2.32. The zero-order valence-corrected chi connectivity index (χ0v) is 12.6. The molecule has 0 bridgehead atoms. The molecule has 1 aliphatic carbocycles. The van der Waals surface area contributed by atoms with Crippen LogP contribution in [0.25, 0.3) is 0 Å². The quantitative estimate of drug-likeness (QED) is 0.916. The van der Waals surface area contributed by atoms with Crippen molar-refractivity contribution in [3.05, 3.63) is 17.6 Å². The summed E-state index contributed by atoms with van der Waals surface area (Å²) >= 11 is 0. The highest BCUT2D eigenvalue weighted by atomic mass is 16.5. The molecule has 4 rings (SSSR count). The molecule has 2 fully saturated rings. The third-order valence-corrected chi connectivity index (χ3v) is 5.08. The summed E-state index contributed by atoms with van der Waals surface area (Å²) in [5.74, 6) is 1.03. The predicted molar refractivity (Wildman–Crippen MR) is 81.5 cm³/mol. The number of anilines is 1. The lowest BCUT2D eigenvalue weighted by Gasteiger charge is -2.35. The first-order valence-electron chi connectivity index (χ1n) is 8.32. The molecule has 2 saturated heterocycles. The smallest absolute Gasteiger partial charge is 0.132 e. The molecule has 0 radical (unpaired) electrons. The van der Waals surface area contributed by atoms with E-state index >= 15 is 0 Å². The Labute approximate surface area is 126 Å². The van der Waals surface area contributed by atoms with Gasteiger partial charge in [0, 0.05) is 30.4 Å². The summed E-state index contributed by atoms with van der Waals surface area (Å²) in [5, 5.41) is 3.52. The third kappa shape index (κ3) is 2.77. The monoisotopic (exact) mass is 288 g/mol. The Hall–Kier alpha value is -1.20. The number of fused-ring (bicyclic) bond motifs is 2. The van der Waals surface area contributed by atoms with E-state index in [-0.39, 0.29) is 6.10 Å². The molecule has 2 atom stereocenters. The molecule has 0 aromatic carbocycles. The van der Waals surface area contributed by atoms with Crippen molar-refractivity contribution >= 4 is 5.82 Å². The molecule has 21 heavy (non-hydrogen) atoms. The van der Waals surface area contributed by atoms with Gasteiger partial charge in [-0.05, 0) is 45.1 Å². The minimum atomic E-state index is 0.286. The van der Waals surface area contributed by atoms with Crippen LogP contribution in [-0.2, 0) is 17.6 Å². The van der Waals surface area contributed by atoms with E-state index < -0.39 is 0 Å². The predicted octanol–water partition coefficient (Wildman–Crippen LogP) is 1.63. The van der Waals surface area contributed by atoms with Gasteiger partial charge in [-0.2, -0.15) is 0 Å². The zero-order chi connectivity index (χ0) is 14.1. The van der Waals surface area contributed by atoms with Crippen LogP contribution in [0.1, 0.15) is 36.9 Å². The molecule has 0 amide bonds. The summed E-state index contributed by atoms with van der Waals surface area (Å²) in [7, 11) is 0. The number of nitrogens with zero attached hydrogens (tertiary/aromatic N) is 3. The maximum absolute atomic E-state index is 6.01. The van der Waals surface area contributed by atoms with Crippen LogP contribution in [0.2, 0.25) is 0 Å². The van der Waals surface area contributed by atoms with Gasteiger partial charge in [0.15, 0.2) is 0 Å². The summed E-state index contributed by atoms with van der Waals surface area (Å²) in [4.78, 5) is 11.5. The Morgan fingerprint density at radius 2 is 2.19 bits per heavy atom. The molecule has 1 aromatic heterocycles. The number of hydrogen-bond acceptors (Lipinski definition) is 5. The summed E-state index contributed by atoms with van der Waals surface area (Å²) in [6, 6.07) is 0.674. The van der Waals surface area contributed by atoms with Gasteiger partial charge in [-0.15, -0.1) is 0 Å². The summed E-state index contributed by atoms with van der Waals surface area (Å²) in [5.41, 5.74) is 2.57. The molecular formula is C16H24N4O. The van der Waals surface area contributed by atoms with Crippen LogP contribution >= 0.6 is 0 Å². The number of nitrogens with one attached hydrogen (secondary N) is 1. The van der Waals surface area contributed by atoms with Crippen LogP contribution in [0.4, 0.5) is 5.82 Å². The number of hydrogen-bond donors (Lipinski definition) is 1. The number of aryl methyl sites for hydroxylation is 1. The van der Waals surface area contributed by atoms with Crippen molar-refractivity contribution in [2.24, 2.45) is 0 Å². The highest BCUT2D eigenvalue weighted by molar-refractivity contribution is 5.47. The first kappa shape index (κ1) is 13.5. The van der Waals surface area contributed by atoms with Crippen molar-refractivity contribution in [3.8, 4) is 0 Å². The second-order valence-corrected chi connectivity index (χ2v) is 6.48. The van der Waals surface area contributed by atoms with E-state index in [0.29, 0.717) is 6.04 Å². The van der Waals surface area contributed by atoms with Crippen LogP contribution < -0.4 is 5.32 Å². The van der Waals surface area contributed by atoms with Crippen molar-refractivity contribution in [1.29, 1.82) is 0 Å². The Balaban J connectivity index is 1.38. The lowest BCUT2D eigenvalue weighted by atomic mass is 9.96. The molecule has 0 saturated carbocycles. The number of rotatable bonds is 3. The molecule has 3 heterocycles. The average Bonchev–Trinajstić information content (AvgIpc) is 3.00. The van der Waals surface area contributed by atoms with Crippen molar-refractivity contribution in [3.63, 3.8) is 0 Å². The van der Waals surface area contributed by atoms with E-state index in [1.54, 1.807) is 6.33 Å². The maximum atomic E-state index is 6.01. The van der Waals surface area contributed by atoms with Gasteiger partial charge in [0.2, 0.25) is 0 Å². The molecular weight excluding hydrogens is 264 g/mol. The van der Waals surface area contributed by atoms with Crippen molar-refractivity contribution < 1.29 is 4.74 Å². The SMILES string of the molecule is c1nc2c(c(NCC3CN4CCCC4CO3)n1)CCCC2. The molecule has 5 nitrogen and oxygen atoms in total. The van der Waals surface area contributed by atoms with Gasteiger partial charge in [0.25, 0.3) is 0 Å². The topological polar surface area (TPSA) is 50.3 Å². The molecule has 114 valence electrons. The summed E-state index contributed by atoms with van der Waals surface area (Å²) < 4.78 is 6.01. The van der Waals surface area contributed by atoms with E-state index in [1.165, 1.54) is 43.5 Å². The molecule has 0 spiro atoms. The lowest BCUT2D eigenvalue weighted by molar-refractivity contribution is -0.0416. The van der Waals surface area contributed by atoms with Gasteiger partial charge < -0.3 is 10.1 Å². The molecule has 2 aliphatic heterocycles. The van der Waals surface area contributed by atoms with Crippen LogP contribution in [-0.4, -0.2) is 53.3 Å². The van der Waals surface area contributed by atoms with E-state index in [2.05, 4.69) is 20.2 Å². The van der Waals surface area contributed by atoms with Gasteiger partial charge in [0.1, 0.15) is 12.1 Å². The summed E-state index contributed by atoms with van der Waals surface area (Å²) in [6.07, 6.45) is 9.34. The minimum Gasteiger partial charge on any atom is -0.373 e. The first-order chi connectivity index (χ1) is 10.4. The standard InChI is InChI=1S/C16H24N4O/c1-2-6-15-14(5-1)16(19-11-18-15)17-8-13-9-20-7-3-4-12(20)10-21-13/h11-13H,1-10H2,(H,17,18,19). The first-order valence-corrected chi connectivity index (χ1v) is 8.32. The second-order valence-electron chi connectivity index (χ2n) is 6.48. The van der Waals surface area contributed by atoms with E-state index in [1.807, 2.05) is 0 Å². The largest absolute Gasteiger partial charge is 0.373 e. The van der Waals surface area contributed by atoms with Crippen LogP contribution in [0.5, 0.6) is 0 Å². The van der Waals surface area contributed by atoms with E-state index in [0.717, 1.165) is 38.4 Å². The van der Waals surface area contributed by atoms with Crippen molar-refractivity contribution in [1.82, 2.24) is 14.9 Å².